The number of nitrogens with one attached hydrogen (secondary N) is 1. The van der Waals surface area contributed by atoms with E-state index in [2.05, 4.69) is 5.32 Å². The van der Waals surface area contributed by atoms with Gasteiger partial charge in [-0.05, 0) is 60.8 Å². The minimum absolute atomic E-state index is 0.0288. The first-order valence-electron chi connectivity index (χ1n) is 17.3. The van der Waals surface area contributed by atoms with Gasteiger partial charge in [-0.25, -0.2) is 4.79 Å². The van der Waals surface area contributed by atoms with Crippen molar-refractivity contribution in [3.63, 3.8) is 0 Å². The van der Waals surface area contributed by atoms with Crippen molar-refractivity contribution in [3.8, 4) is 0 Å². The fourth-order valence-electron chi connectivity index (χ4n) is 7.12. The van der Waals surface area contributed by atoms with Gasteiger partial charge < -0.3 is 19.1 Å². The molecule has 0 aromatic heterocycles. The third-order valence-electron chi connectivity index (χ3n) is 9.59. The van der Waals surface area contributed by atoms with Crippen LogP contribution in [0.25, 0.3) is 0 Å². The average Bonchev–Trinajstić information content (AvgIpc) is 3.73. The van der Waals surface area contributed by atoms with Gasteiger partial charge in [-0.1, -0.05) is 128 Å². The number of fused-ring (bicyclic) bond motifs is 1. The molecule has 4 aromatic carbocycles. The maximum atomic E-state index is 14.2. The number of carbonyl (C=O) groups excluding carboxylic acids is 3. The Kier molecular flexibility index (Phi) is 11.4. The van der Waals surface area contributed by atoms with E-state index < -0.39 is 36.5 Å². The summed E-state index contributed by atoms with van der Waals surface area (Å²) >= 11 is 0. The molecule has 1 N–H and O–H groups in total. The Bertz CT molecular complexity index is 1610. The van der Waals surface area contributed by atoms with Gasteiger partial charge in [0.25, 0.3) is 0 Å². The van der Waals surface area contributed by atoms with E-state index >= 15 is 0 Å². The summed E-state index contributed by atoms with van der Waals surface area (Å²) < 4.78 is 17.5. The fraction of sp³-hybridized carbons (Fsp3) is 0.341. The molecular formula is C41H44N2O6. The maximum Gasteiger partial charge on any atom is 0.510 e. The van der Waals surface area contributed by atoms with Crippen LogP contribution in [0.1, 0.15) is 67.4 Å². The average molecular weight is 661 g/mol. The van der Waals surface area contributed by atoms with Gasteiger partial charge in [0.15, 0.2) is 12.3 Å². The van der Waals surface area contributed by atoms with E-state index in [4.69, 9.17) is 14.2 Å². The number of likely N-dealkylation sites (tertiary alicyclic amines) is 1. The first-order valence-corrected chi connectivity index (χ1v) is 17.3. The lowest BCUT2D eigenvalue weighted by atomic mass is 10.0. The van der Waals surface area contributed by atoms with E-state index in [1.807, 2.05) is 121 Å². The molecule has 2 aliphatic rings. The van der Waals surface area contributed by atoms with E-state index in [0.717, 1.165) is 41.5 Å². The lowest BCUT2D eigenvalue weighted by molar-refractivity contribution is -0.151. The number of amides is 1. The van der Waals surface area contributed by atoms with Gasteiger partial charge >= 0.3 is 12.1 Å². The minimum atomic E-state index is -0.801. The third-order valence-corrected chi connectivity index (χ3v) is 9.59. The van der Waals surface area contributed by atoms with Crippen LogP contribution >= 0.6 is 0 Å². The predicted molar refractivity (Wildman–Crippen MR) is 186 cm³/mol. The molecule has 1 saturated carbocycles. The van der Waals surface area contributed by atoms with Crippen molar-refractivity contribution in [1.29, 1.82) is 0 Å². The van der Waals surface area contributed by atoms with Crippen LogP contribution in [0.2, 0.25) is 0 Å². The van der Waals surface area contributed by atoms with E-state index in [-0.39, 0.29) is 24.5 Å². The highest BCUT2D eigenvalue weighted by Crippen LogP contribution is 2.42. The lowest BCUT2D eigenvalue weighted by Crippen LogP contribution is -2.54. The van der Waals surface area contributed by atoms with Crippen molar-refractivity contribution >= 4 is 18.0 Å². The summed E-state index contributed by atoms with van der Waals surface area (Å²) in [4.78, 5) is 42.8. The number of hydrogen-bond acceptors (Lipinski definition) is 7. The second-order valence-corrected chi connectivity index (χ2v) is 12.9. The number of nitrogens with zero attached hydrogens (tertiary/aromatic N) is 1. The van der Waals surface area contributed by atoms with Gasteiger partial charge in [-0.15, -0.1) is 0 Å². The van der Waals surface area contributed by atoms with Gasteiger partial charge in [0, 0.05) is 12.5 Å². The molecule has 1 saturated heterocycles. The van der Waals surface area contributed by atoms with Crippen molar-refractivity contribution in [2.24, 2.45) is 5.92 Å². The van der Waals surface area contributed by atoms with Crippen LogP contribution < -0.4 is 5.32 Å². The molecule has 8 nitrogen and oxygen atoms in total. The predicted octanol–water partition coefficient (Wildman–Crippen LogP) is 7.38. The minimum Gasteiger partial charge on any atom is -0.451 e. The molecule has 1 heterocycles. The van der Waals surface area contributed by atoms with Gasteiger partial charge in [0.2, 0.25) is 5.91 Å². The second kappa shape index (κ2) is 16.4. The van der Waals surface area contributed by atoms with E-state index in [1.54, 1.807) is 11.8 Å². The summed E-state index contributed by atoms with van der Waals surface area (Å²) in [6, 6.07) is 37.1. The summed E-state index contributed by atoms with van der Waals surface area (Å²) in [7, 11) is 0. The molecule has 6 rings (SSSR count). The third kappa shape index (κ3) is 8.75. The van der Waals surface area contributed by atoms with Crippen LogP contribution in [0.3, 0.4) is 0 Å². The summed E-state index contributed by atoms with van der Waals surface area (Å²) in [5.74, 6) is -0.402. The number of hydrogen-bond donors (Lipinski definition) is 1. The molecule has 0 radical (unpaired) electrons. The van der Waals surface area contributed by atoms with Crippen molar-refractivity contribution in [3.05, 3.63) is 144 Å². The zero-order valence-corrected chi connectivity index (χ0v) is 27.9. The zero-order chi connectivity index (χ0) is 34.0. The Balaban J connectivity index is 1.18. The molecule has 1 amide bonds. The summed E-state index contributed by atoms with van der Waals surface area (Å²) in [6.07, 6.45) is 2.29. The summed E-state index contributed by atoms with van der Waals surface area (Å²) in [6.45, 7) is 1.85. The molecule has 1 aliphatic carbocycles. The van der Waals surface area contributed by atoms with Crippen LogP contribution in [-0.2, 0) is 36.8 Å². The molecule has 0 spiro atoms. The summed E-state index contributed by atoms with van der Waals surface area (Å²) in [5.41, 5.74) is 3.65. The molecule has 5 atom stereocenters. The molecule has 8 heteroatoms. The highest BCUT2D eigenvalue weighted by molar-refractivity contribution is 5.84. The highest BCUT2D eigenvalue weighted by atomic mass is 16.7. The van der Waals surface area contributed by atoms with Gasteiger partial charge in [-0.2, -0.15) is 0 Å². The zero-order valence-electron chi connectivity index (χ0n) is 27.9. The Hall–Kier alpha value is -4.95. The Labute approximate surface area is 288 Å². The molecule has 4 aromatic rings. The van der Waals surface area contributed by atoms with Crippen molar-refractivity contribution < 1.29 is 28.6 Å². The highest BCUT2D eigenvalue weighted by Gasteiger charge is 2.49. The molecule has 49 heavy (non-hydrogen) atoms. The normalized spacial score (nSPS) is 19.6. The first kappa shape index (κ1) is 33.9. The van der Waals surface area contributed by atoms with Crippen LogP contribution in [0.5, 0.6) is 0 Å². The number of ether oxygens (including phenoxy) is 3. The van der Waals surface area contributed by atoms with Gasteiger partial charge in [-0.3, -0.25) is 14.9 Å². The SMILES string of the molecule is C[C@H](N[C@@H](CCc1ccccc1)C(=O)OC(c1ccccc1)c1ccccc1)C(=O)N1[C@@H](OC(=O)OCc2ccccc2)C[C@@H]2CCC[C@@H]21. The maximum absolute atomic E-state index is 14.2. The van der Waals surface area contributed by atoms with Crippen molar-refractivity contribution in [2.45, 2.75) is 82.5 Å². The Morgan fingerprint density at radius 2 is 1.35 bits per heavy atom. The van der Waals surface area contributed by atoms with E-state index in [0.29, 0.717) is 19.3 Å². The second-order valence-electron chi connectivity index (χ2n) is 12.9. The van der Waals surface area contributed by atoms with Crippen molar-refractivity contribution in [2.75, 3.05) is 0 Å². The molecule has 2 fully saturated rings. The number of esters is 1. The molecule has 0 unspecified atom stereocenters. The number of carbonyl (C=O) groups is 3. The van der Waals surface area contributed by atoms with Gasteiger partial charge in [0.05, 0.1) is 6.04 Å². The van der Waals surface area contributed by atoms with Crippen LogP contribution in [-0.4, -0.2) is 47.3 Å². The molecular weight excluding hydrogens is 616 g/mol. The number of benzene rings is 4. The quantitative estimate of drug-likeness (QED) is 0.150. The first-order chi connectivity index (χ1) is 24.0. The lowest BCUT2D eigenvalue weighted by Gasteiger charge is -2.33. The van der Waals surface area contributed by atoms with Crippen molar-refractivity contribution in [1.82, 2.24) is 10.2 Å². The van der Waals surface area contributed by atoms with E-state index in [9.17, 15) is 14.4 Å². The van der Waals surface area contributed by atoms with Gasteiger partial charge in [0.1, 0.15) is 12.6 Å². The molecule has 1 aliphatic heterocycles. The monoisotopic (exact) mass is 660 g/mol. The van der Waals surface area contributed by atoms with Crippen LogP contribution in [0.4, 0.5) is 4.79 Å². The fourth-order valence-corrected chi connectivity index (χ4v) is 7.12. The number of rotatable bonds is 13. The number of aryl methyl sites for hydroxylation is 1. The summed E-state index contributed by atoms with van der Waals surface area (Å²) in [5, 5.41) is 3.33. The topological polar surface area (TPSA) is 94.2 Å². The smallest absolute Gasteiger partial charge is 0.451 e. The Morgan fingerprint density at radius 3 is 1.96 bits per heavy atom. The molecule has 254 valence electrons. The van der Waals surface area contributed by atoms with Crippen LogP contribution in [0.15, 0.2) is 121 Å². The molecule has 0 bridgehead atoms. The van der Waals surface area contributed by atoms with Crippen LogP contribution in [0, 0.1) is 5.92 Å². The largest absolute Gasteiger partial charge is 0.510 e. The standard InChI is InChI=1S/C41H44N2O6/c1-29(39(44)43-36-24-14-23-34(36)27-37(43)48-41(46)47-28-31-17-8-3-9-18-31)42-35(26-25-30-15-6-2-7-16-30)40(45)49-38(32-19-10-4-11-20-32)33-21-12-5-13-22-33/h2-13,15-22,29,34-38,42H,14,23-28H2,1H3/t29-,34-,35-,36-,37-/m0/s1. The van der Waals surface area contributed by atoms with E-state index in [1.165, 1.54) is 0 Å². The Morgan fingerprint density at radius 1 is 0.776 bits per heavy atom.